The monoisotopic (exact) mass is 1240 g/mol. The van der Waals surface area contributed by atoms with Crippen molar-refractivity contribution in [1.82, 2.24) is 36.1 Å². The molecule has 10 N–H and O–H groups in total. The van der Waals surface area contributed by atoms with Crippen molar-refractivity contribution in [3.63, 3.8) is 0 Å². The Morgan fingerprint density at radius 2 is 1.40 bits per heavy atom. The van der Waals surface area contributed by atoms with E-state index in [2.05, 4.69) is 37.2 Å². The highest BCUT2D eigenvalue weighted by Crippen LogP contribution is 2.37. The average Bonchev–Trinajstić information content (AvgIpc) is 1.57. The summed E-state index contributed by atoms with van der Waals surface area (Å²) in [6, 6.07) is 22.0. The van der Waals surface area contributed by atoms with Crippen molar-refractivity contribution in [3.05, 3.63) is 137 Å². The van der Waals surface area contributed by atoms with Crippen molar-refractivity contribution in [2.75, 3.05) is 36.2 Å². The molecule has 5 atom stereocenters. The number of hydrogen-bond acceptors (Lipinski definition) is 11. The lowest BCUT2D eigenvalue weighted by Crippen LogP contribution is -2.61. The fourth-order valence-electron chi connectivity index (χ4n) is 11.0. The number of carbonyl (C=O) groups excluding carboxylic acids is 8. The number of likely N-dealkylation sites (N-methyl/N-ethyl adjacent to an activating group) is 2. The number of urea groups is 1. The first-order valence-corrected chi connectivity index (χ1v) is 30.3. The number of primary amides is 1. The lowest BCUT2D eigenvalue weighted by molar-refractivity contribution is -0.141. The van der Waals surface area contributed by atoms with Crippen LogP contribution in [0.25, 0.3) is 23.1 Å². The third-order valence-corrected chi connectivity index (χ3v) is 16.2. The van der Waals surface area contributed by atoms with Crippen LogP contribution in [0.1, 0.15) is 123 Å². The number of carboxylic acid groups (broad SMARTS) is 1. The molecule has 0 unspecified atom stereocenters. The number of anilines is 3. The van der Waals surface area contributed by atoms with E-state index in [0.717, 1.165) is 33.2 Å². The highest BCUT2D eigenvalue weighted by Gasteiger charge is 2.43. The molecule has 9 amide bonds. The zero-order valence-corrected chi connectivity index (χ0v) is 53.9. The fraction of sp³-hybridized carbons (Fsp3) is 0.426. The number of rotatable bonds is 26. The van der Waals surface area contributed by atoms with Crippen LogP contribution in [0.5, 0.6) is 0 Å². The molecule has 0 bridgehead atoms. The van der Waals surface area contributed by atoms with Gasteiger partial charge in [0.2, 0.25) is 35.4 Å². The predicted octanol–water partition coefficient (Wildman–Crippen LogP) is 8.35. The van der Waals surface area contributed by atoms with Gasteiger partial charge in [0, 0.05) is 67.4 Å². The molecule has 22 heteroatoms. The standard InChI is InChI=1S/C68H89N11O11/c1-40(2)53(35-42(5)64(86)87)78(13)63(85)59(67(6,7)8)76-62(84)58(70-11)68(9,10)50-38-77(12)54-36-48(30-31-49(50)54)73-66(89)90-39-43-24-28-47(29-25-43)72-60(82)51(22-18-34-71-65(69)88)74-61(83)57(41(3)4)75-55(80)32-33-56(81)79-37-46-21-15-14-19-44(46)26-27-45-20-16-17-23-52(45)79/h14-17,19-21,23-31,35-36,38,40-41,51,53,57-59,70H,18,22,32-34,37,39H2,1-13H3,(H,72,82)(H,73,89)(H,74,83)(H,75,80)(H,76,84)(H,86,87)(H3,69,71,88)/b27-26-,42-35+/t51-,53+,57-,58+,59+/m0/s1. The second-order valence-electron chi connectivity index (χ2n) is 25.2. The number of carbonyl (C=O) groups is 9. The molecule has 482 valence electrons. The predicted molar refractivity (Wildman–Crippen MR) is 350 cm³/mol. The Bertz CT molecular complexity index is 3510. The molecule has 4 aromatic carbocycles. The van der Waals surface area contributed by atoms with Gasteiger partial charge in [0.1, 0.15) is 24.7 Å². The zero-order chi connectivity index (χ0) is 66.4. The number of nitrogens with zero attached hydrogens (tertiary/aromatic N) is 3. The Hall–Kier alpha value is -9.31. The van der Waals surface area contributed by atoms with Gasteiger partial charge in [-0.05, 0) is 102 Å². The highest BCUT2D eigenvalue weighted by molar-refractivity contribution is 6.01. The van der Waals surface area contributed by atoms with Crippen LogP contribution in [0.15, 0.2) is 109 Å². The largest absolute Gasteiger partial charge is 0.478 e. The molecule has 2 heterocycles. The minimum Gasteiger partial charge on any atom is -0.478 e. The number of ether oxygens (including phenoxy) is 1. The van der Waals surface area contributed by atoms with Crippen LogP contribution in [0.3, 0.4) is 0 Å². The van der Waals surface area contributed by atoms with Gasteiger partial charge in [-0.25, -0.2) is 14.4 Å². The Labute approximate surface area is 527 Å². The maximum Gasteiger partial charge on any atom is 0.411 e. The molecule has 1 aromatic heterocycles. The fourth-order valence-corrected chi connectivity index (χ4v) is 11.0. The Balaban J connectivity index is 1.05. The number of aryl methyl sites for hydroxylation is 1. The number of nitrogens with two attached hydrogens (primary N) is 1. The van der Waals surface area contributed by atoms with E-state index in [0.29, 0.717) is 29.2 Å². The van der Waals surface area contributed by atoms with Crippen LogP contribution in [0.4, 0.5) is 26.7 Å². The number of amides is 9. The molecule has 0 aliphatic carbocycles. The van der Waals surface area contributed by atoms with Gasteiger partial charge in [0.05, 0.1) is 29.8 Å². The summed E-state index contributed by atoms with van der Waals surface area (Å²) >= 11 is 0. The van der Waals surface area contributed by atoms with Crippen LogP contribution in [0, 0.1) is 17.3 Å². The van der Waals surface area contributed by atoms with E-state index in [9.17, 15) is 48.3 Å². The number of nitrogens with one attached hydrogen (secondary N) is 7. The van der Waals surface area contributed by atoms with Crippen LogP contribution < -0.4 is 47.9 Å². The Morgan fingerprint density at radius 3 is 2.03 bits per heavy atom. The molecule has 0 spiro atoms. The van der Waals surface area contributed by atoms with Gasteiger partial charge >= 0.3 is 18.1 Å². The molecule has 22 nitrogen and oxygen atoms in total. The molecular formula is C68H89N11O11. The normalized spacial score (nSPS) is 14.5. The quantitative estimate of drug-likeness (QED) is 0.0186. The molecule has 1 aliphatic rings. The lowest BCUT2D eigenvalue weighted by atomic mass is 9.76. The SMILES string of the molecule is CN[C@H](C(=O)N[C@H](C(=O)N(C)[C@H](/C=C(\C)C(=O)O)C(C)C)C(C)(C)C)C(C)(C)c1cn(C)c2cc(NC(=O)OCc3ccc(NC(=O)[C@H](CCCNC(N)=O)NC(=O)[C@@H](NC(=O)CCC(=O)N4Cc5ccccc5/C=C\c5ccccc54)C(C)C)cc3)ccc12. The number of aromatic nitrogens is 1. The summed E-state index contributed by atoms with van der Waals surface area (Å²) in [6.45, 7) is 18.5. The van der Waals surface area contributed by atoms with E-state index >= 15 is 0 Å². The summed E-state index contributed by atoms with van der Waals surface area (Å²) in [4.78, 5) is 123. The number of aliphatic carboxylic acids is 1. The molecule has 0 fully saturated rings. The number of carboxylic acids is 1. The topological polar surface area (TPSA) is 305 Å². The van der Waals surface area contributed by atoms with Gasteiger partial charge in [-0.1, -0.05) is 141 Å². The molecule has 0 saturated heterocycles. The third kappa shape index (κ3) is 18.2. The molecular weight excluding hydrogens is 1150 g/mol. The van der Waals surface area contributed by atoms with E-state index in [1.54, 1.807) is 75.3 Å². The third-order valence-electron chi connectivity index (χ3n) is 16.2. The van der Waals surface area contributed by atoms with Crippen LogP contribution >= 0.6 is 0 Å². The van der Waals surface area contributed by atoms with Crippen LogP contribution in [-0.2, 0) is 63.9 Å². The Kier molecular flexibility index (Phi) is 23.8. The number of fused-ring (bicyclic) bond motifs is 3. The molecule has 5 aromatic rings. The maximum atomic E-state index is 14.4. The summed E-state index contributed by atoms with van der Waals surface area (Å²) in [6.07, 6.45) is 6.76. The van der Waals surface area contributed by atoms with Crippen molar-refractivity contribution in [2.45, 2.75) is 144 Å². The van der Waals surface area contributed by atoms with Crippen molar-refractivity contribution < 1.29 is 53.0 Å². The summed E-state index contributed by atoms with van der Waals surface area (Å²) in [7, 11) is 5.16. The zero-order valence-electron chi connectivity index (χ0n) is 53.9. The van der Waals surface area contributed by atoms with E-state index < -0.39 is 88.7 Å². The van der Waals surface area contributed by atoms with E-state index in [4.69, 9.17) is 10.5 Å². The molecule has 0 saturated carbocycles. The lowest BCUT2D eigenvalue weighted by Gasteiger charge is -2.39. The second kappa shape index (κ2) is 30.7. The second-order valence-corrected chi connectivity index (χ2v) is 25.2. The van der Waals surface area contributed by atoms with Crippen molar-refractivity contribution >= 4 is 93.7 Å². The highest BCUT2D eigenvalue weighted by atomic mass is 16.5. The van der Waals surface area contributed by atoms with Gasteiger partial charge in [-0.2, -0.15) is 0 Å². The summed E-state index contributed by atoms with van der Waals surface area (Å²) < 4.78 is 7.48. The molecule has 6 rings (SSSR count). The molecule has 1 aliphatic heterocycles. The smallest absolute Gasteiger partial charge is 0.411 e. The first-order chi connectivity index (χ1) is 42.4. The summed E-state index contributed by atoms with van der Waals surface area (Å²) in [5.41, 5.74) is 10.3. The van der Waals surface area contributed by atoms with Crippen molar-refractivity contribution in [1.29, 1.82) is 0 Å². The minimum absolute atomic E-state index is 0.0906. The number of para-hydroxylation sites is 1. The first-order valence-electron chi connectivity index (χ1n) is 30.3. The van der Waals surface area contributed by atoms with Crippen LogP contribution in [-0.4, -0.2) is 119 Å². The summed E-state index contributed by atoms with van der Waals surface area (Å²) in [5, 5.41) is 30.3. The number of benzene rings is 4. The van der Waals surface area contributed by atoms with Gasteiger partial charge in [-0.15, -0.1) is 0 Å². The van der Waals surface area contributed by atoms with E-state index in [1.807, 2.05) is 133 Å². The van der Waals surface area contributed by atoms with E-state index in [1.165, 1.54) is 11.8 Å². The first kappa shape index (κ1) is 69.8. The average molecular weight is 1240 g/mol. The molecule has 0 radical (unpaired) electrons. The van der Waals surface area contributed by atoms with E-state index in [-0.39, 0.29) is 62.1 Å². The number of hydrogen-bond donors (Lipinski definition) is 9. The van der Waals surface area contributed by atoms with Crippen molar-refractivity contribution in [3.8, 4) is 0 Å². The minimum atomic E-state index is -1.11. The Morgan fingerprint density at radius 1 is 0.756 bits per heavy atom. The van der Waals surface area contributed by atoms with Crippen LogP contribution in [0.2, 0.25) is 0 Å². The van der Waals surface area contributed by atoms with Gasteiger partial charge < -0.3 is 61.8 Å². The van der Waals surface area contributed by atoms with Crippen molar-refractivity contribution in [2.24, 2.45) is 30.0 Å². The molecule has 90 heavy (non-hydrogen) atoms. The van der Waals surface area contributed by atoms with Gasteiger partial charge in [0.15, 0.2) is 0 Å². The van der Waals surface area contributed by atoms with Gasteiger partial charge in [0.25, 0.3) is 0 Å². The maximum absolute atomic E-state index is 14.4. The van der Waals surface area contributed by atoms with Gasteiger partial charge in [-0.3, -0.25) is 34.1 Å². The summed E-state index contributed by atoms with van der Waals surface area (Å²) in [5.74, 6) is -4.36.